The number of rotatable bonds is 6. The predicted octanol–water partition coefficient (Wildman–Crippen LogP) is 2.97. The van der Waals surface area contributed by atoms with Gasteiger partial charge in [0.05, 0.1) is 22.7 Å². The Hall–Kier alpha value is -2.91. The number of nitrogens with zero attached hydrogens (tertiary/aromatic N) is 2. The molecule has 1 atom stereocenters. The number of ether oxygens (including phenoxy) is 2. The van der Waals surface area contributed by atoms with E-state index in [9.17, 15) is 9.59 Å². The average molecular weight is 431 g/mol. The van der Waals surface area contributed by atoms with Gasteiger partial charge in [0, 0.05) is 16.8 Å². The van der Waals surface area contributed by atoms with E-state index in [-0.39, 0.29) is 29.3 Å². The maximum atomic E-state index is 13.0. The van der Waals surface area contributed by atoms with Crippen LogP contribution in [0.25, 0.3) is 16.5 Å². The zero-order chi connectivity index (χ0) is 21.8. The molecule has 8 nitrogen and oxygen atoms in total. The number of hydrogen-bond acceptors (Lipinski definition) is 7. The number of nitrogens with one attached hydrogen (secondary N) is 1. The summed E-state index contributed by atoms with van der Waals surface area (Å²) in [6.07, 6.45) is 0.162. The molecule has 160 valence electrons. The fraction of sp³-hybridized carbons (Fsp3) is 0.381. The van der Waals surface area contributed by atoms with Crippen molar-refractivity contribution in [3.63, 3.8) is 0 Å². The van der Waals surface area contributed by atoms with E-state index in [1.807, 2.05) is 27.7 Å². The molecular formula is C21H26N4O4S. The Morgan fingerprint density at radius 3 is 2.63 bits per heavy atom. The van der Waals surface area contributed by atoms with Gasteiger partial charge in [0.25, 0.3) is 11.5 Å². The summed E-state index contributed by atoms with van der Waals surface area (Å²) in [5, 5.41) is 9.97. The van der Waals surface area contributed by atoms with Crippen LogP contribution in [0.3, 0.4) is 0 Å². The third kappa shape index (κ3) is 4.63. The van der Waals surface area contributed by atoms with E-state index in [2.05, 4.69) is 10.4 Å². The van der Waals surface area contributed by atoms with Crippen LogP contribution in [0.15, 0.2) is 34.4 Å². The van der Waals surface area contributed by atoms with Crippen molar-refractivity contribution in [2.75, 3.05) is 18.9 Å². The molecule has 3 heterocycles. The van der Waals surface area contributed by atoms with E-state index in [4.69, 9.17) is 15.2 Å². The molecular weight excluding hydrogens is 404 g/mol. The molecule has 30 heavy (non-hydrogen) atoms. The van der Waals surface area contributed by atoms with Crippen molar-refractivity contribution in [2.45, 2.75) is 39.8 Å². The summed E-state index contributed by atoms with van der Waals surface area (Å²) < 4.78 is 11.9. The molecule has 2 aromatic heterocycles. The van der Waals surface area contributed by atoms with Crippen LogP contribution in [-0.4, -0.2) is 41.0 Å². The number of epoxide rings is 1. The lowest BCUT2D eigenvalue weighted by Gasteiger charge is -2.12. The van der Waals surface area contributed by atoms with Gasteiger partial charge in [0.1, 0.15) is 18.5 Å². The smallest absolute Gasteiger partial charge is 0.282 e. The molecule has 3 aromatic rings. The lowest BCUT2D eigenvalue weighted by molar-refractivity contribution is 0.0938. The van der Waals surface area contributed by atoms with Crippen LogP contribution in [-0.2, 0) is 4.74 Å². The van der Waals surface area contributed by atoms with Crippen molar-refractivity contribution < 1.29 is 14.3 Å². The Kier molecular flexibility index (Phi) is 6.73. The molecule has 0 aliphatic carbocycles. The van der Waals surface area contributed by atoms with Gasteiger partial charge in [0.15, 0.2) is 5.69 Å². The number of nitrogens with two attached hydrogens (primary N) is 1. The van der Waals surface area contributed by atoms with Gasteiger partial charge in [-0.3, -0.25) is 9.59 Å². The summed E-state index contributed by atoms with van der Waals surface area (Å²) in [7, 11) is 0. The Labute approximate surface area is 178 Å². The van der Waals surface area contributed by atoms with Gasteiger partial charge >= 0.3 is 0 Å². The SMILES string of the molecule is CC.CC(C)NC(=O)c1nn(-c2ccc(OCC3CO3)cc2)c(=O)c2c(N)scc12. The van der Waals surface area contributed by atoms with E-state index >= 15 is 0 Å². The molecule has 1 unspecified atom stereocenters. The highest BCUT2D eigenvalue weighted by molar-refractivity contribution is 7.15. The molecule has 0 saturated carbocycles. The second-order valence-electron chi connectivity index (χ2n) is 6.84. The minimum absolute atomic E-state index is 0.0624. The molecule has 3 N–H and O–H groups in total. The van der Waals surface area contributed by atoms with E-state index in [0.29, 0.717) is 33.8 Å². The summed E-state index contributed by atoms with van der Waals surface area (Å²) >= 11 is 1.22. The number of nitrogen functional groups attached to an aromatic ring is 1. The lowest BCUT2D eigenvalue weighted by atomic mass is 10.2. The number of anilines is 1. The first-order valence-electron chi connectivity index (χ1n) is 9.89. The number of aromatic nitrogens is 2. The topological polar surface area (TPSA) is 112 Å². The highest BCUT2D eigenvalue weighted by atomic mass is 32.1. The highest BCUT2D eigenvalue weighted by Crippen LogP contribution is 2.27. The maximum absolute atomic E-state index is 13.0. The van der Waals surface area contributed by atoms with Gasteiger partial charge in [-0.05, 0) is 38.1 Å². The summed E-state index contributed by atoms with van der Waals surface area (Å²) in [5.74, 6) is 0.317. The van der Waals surface area contributed by atoms with Crippen molar-refractivity contribution >= 4 is 33.0 Å². The first kappa shape index (κ1) is 21.8. The molecule has 1 saturated heterocycles. The van der Waals surface area contributed by atoms with Crippen LogP contribution in [0.2, 0.25) is 0 Å². The first-order chi connectivity index (χ1) is 14.4. The van der Waals surface area contributed by atoms with Crippen molar-refractivity contribution in [2.24, 2.45) is 0 Å². The van der Waals surface area contributed by atoms with Crippen LogP contribution in [0.5, 0.6) is 5.75 Å². The Balaban J connectivity index is 0.00000124. The zero-order valence-corrected chi connectivity index (χ0v) is 18.3. The fourth-order valence-corrected chi connectivity index (χ4v) is 3.57. The predicted molar refractivity (Wildman–Crippen MR) is 119 cm³/mol. The van der Waals surface area contributed by atoms with Gasteiger partial charge in [-0.2, -0.15) is 9.78 Å². The summed E-state index contributed by atoms with van der Waals surface area (Å²) in [6, 6.07) is 6.88. The number of thiophene rings is 1. The molecule has 0 spiro atoms. The van der Waals surface area contributed by atoms with Crippen molar-refractivity contribution in [1.82, 2.24) is 15.1 Å². The van der Waals surface area contributed by atoms with Crippen LogP contribution in [0.1, 0.15) is 38.2 Å². The summed E-state index contributed by atoms with van der Waals surface area (Å²) in [5.41, 5.74) is 6.33. The monoisotopic (exact) mass is 430 g/mol. The number of carbonyl (C=O) groups excluding carboxylic acids is 1. The minimum Gasteiger partial charge on any atom is -0.491 e. The highest BCUT2D eigenvalue weighted by Gasteiger charge is 2.23. The van der Waals surface area contributed by atoms with Crippen LogP contribution in [0.4, 0.5) is 5.00 Å². The number of hydrogen-bond donors (Lipinski definition) is 2. The Morgan fingerprint density at radius 1 is 1.37 bits per heavy atom. The first-order valence-corrected chi connectivity index (χ1v) is 10.8. The van der Waals surface area contributed by atoms with E-state index in [1.54, 1.807) is 29.6 Å². The van der Waals surface area contributed by atoms with Gasteiger partial charge in [-0.1, -0.05) is 13.8 Å². The quantitative estimate of drug-likeness (QED) is 0.582. The Morgan fingerprint density at radius 2 is 2.03 bits per heavy atom. The normalized spacial score (nSPS) is 14.9. The standard InChI is InChI=1S/C19H20N4O4S.C2H6/c1-10(2)21-18(24)16-14-9-28-17(20)15(14)19(25)23(22-16)11-3-5-12(6-4-11)26-7-13-8-27-13;1-2/h3-6,9-10,13H,7-8,20H2,1-2H3,(H,21,24);1-2H3. The van der Waals surface area contributed by atoms with Crippen molar-refractivity contribution in [3.8, 4) is 11.4 Å². The molecule has 1 amide bonds. The van der Waals surface area contributed by atoms with Crippen molar-refractivity contribution in [3.05, 3.63) is 45.7 Å². The third-order valence-corrected chi connectivity index (χ3v) is 5.05. The molecule has 1 aliphatic heterocycles. The van der Waals surface area contributed by atoms with E-state index in [0.717, 1.165) is 6.61 Å². The average Bonchev–Trinajstić information content (AvgIpc) is 3.49. The number of fused-ring (bicyclic) bond motifs is 1. The van der Waals surface area contributed by atoms with Gasteiger partial charge < -0.3 is 20.5 Å². The van der Waals surface area contributed by atoms with E-state index < -0.39 is 0 Å². The zero-order valence-electron chi connectivity index (χ0n) is 17.5. The fourth-order valence-electron chi connectivity index (χ4n) is 2.78. The van der Waals surface area contributed by atoms with Gasteiger partial charge in [-0.15, -0.1) is 11.3 Å². The molecule has 9 heteroatoms. The molecule has 1 fully saturated rings. The van der Waals surface area contributed by atoms with Crippen LogP contribution in [0, 0.1) is 0 Å². The molecule has 0 bridgehead atoms. The largest absolute Gasteiger partial charge is 0.491 e. The molecule has 4 rings (SSSR count). The van der Waals surface area contributed by atoms with Crippen LogP contribution < -0.4 is 21.3 Å². The maximum Gasteiger partial charge on any atom is 0.282 e. The van der Waals surface area contributed by atoms with Gasteiger partial charge in [-0.25, -0.2) is 0 Å². The summed E-state index contributed by atoms with van der Waals surface area (Å²) in [6.45, 7) is 8.94. The van der Waals surface area contributed by atoms with Crippen LogP contribution >= 0.6 is 11.3 Å². The molecule has 1 aromatic carbocycles. The van der Waals surface area contributed by atoms with Crippen molar-refractivity contribution in [1.29, 1.82) is 0 Å². The second kappa shape index (κ2) is 9.27. The molecule has 1 aliphatic rings. The lowest BCUT2D eigenvalue weighted by Crippen LogP contribution is -2.33. The number of amides is 1. The van der Waals surface area contributed by atoms with E-state index in [1.165, 1.54) is 16.0 Å². The second-order valence-corrected chi connectivity index (χ2v) is 7.75. The Bertz CT molecular complexity index is 1080. The summed E-state index contributed by atoms with van der Waals surface area (Å²) in [4.78, 5) is 25.6. The minimum atomic E-state index is -0.366. The van der Waals surface area contributed by atoms with Gasteiger partial charge in [0.2, 0.25) is 0 Å². The number of carbonyl (C=O) groups is 1. The molecule has 0 radical (unpaired) electrons. The number of benzene rings is 1. The third-order valence-electron chi connectivity index (χ3n) is 4.24.